The number of ketones is 1. The fourth-order valence-corrected chi connectivity index (χ4v) is 2.86. The van der Waals surface area contributed by atoms with Gasteiger partial charge in [-0.1, -0.05) is 42.5 Å². The van der Waals surface area contributed by atoms with Crippen LogP contribution in [0.5, 0.6) is 5.75 Å². The first kappa shape index (κ1) is 20.3. The van der Waals surface area contributed by atoms with Gasteiger partial charge in [0.2, 0.25) is 0 Å². The Labute approximate surface area is 169 Å². The summed E-state index contributed by atoms with van der Waals surface area (Å²) in [4.78, 5) is 24.8. The molecule has 4 nitrogen and oxygen atoms in total. The smallest absolute Gasteiger partial charge is 0.261 e. The van der Waals surface area contributed by atoms with E-state index in [0.29, 0.717) is 16.9 Å². The van der Waals surface area contributed by atoms with Gasteiger partial charge in [-0.25, -0.2) is 4.39 Å². The molecular weight excluding hydrogens is 369 g/mol. The minimum absolute atomic E-state index is 0.0731. The third-order valence-electron chi connectivity index (χ3n) is 4.56. The molecule has 0 aliphatic carbocycles. The molecule has 0 fully saturated rings. The maximum atomic E-state index is 13.0. The summed E-state index contributed by atoms with van der Waals surface area (Å²) in [6.07, 6.45) is -0.728. The van der Waals surface area contributed by atoms with Gasteiger partial charge in [0, 0.05) is 11.1 Å². The van der Waals surface area contributed by atoms with Gasteiger partial charge < -0.3 is 10.1 Å². The minimum atomic E-state index is -0.728. The van der Waals surface area contributed by atoms with Crippen molar-refractivity contribution in [2.45, 2.75) is 26.0 Å². The monoisotopic (exact) mass is 391 g/mol. The predicted octanol–water partition coefficient (Wildman–Crippen LogP) is 4.70. The largest absolute Gasteiger partial charge is 0.481 e. The lowest BCUT2D eigenvalue weighted by Gasteiger charge is -2.19. The summed E-state index contributed by atoms with van der Waals surface area (Å²) in [6.45, 7) is 3.47. The first-order chi connectivity index (χ1) is 13.9. The van der Waals surface area contributed by atoms with Crippen LogP contribution >= 0.6 is 0 Å². The Morgan fingerprint density at radius 3 is 2.03 bits per heavy atom. The van der Waals surface area contributed by atoms with Gasteiger partial charge in [-0.05, 0) is 55.8 Å². The van der Waals surface area contributed by atoms with Crippen molar-refractivity contribution in [3.8, 4) is 5.75 Å². The van der Waals surface area contributed by atoms with Crippen LogP contribution in [0.1, 0.15) is 41.4 Å². The van der Waals surface area contributed by atoms with Crippen molar-refractivity contribution in [3.05, 3.63) is 101 Å². The van der Waals surface area contributed by atoms with Gasteiger partial charge in [0.25, 0.3) is 5.91 Å². The highest BCUT2D eigenvalue weighted by atomic mass is 19.1. The highest BCUT2D eigenvalue weighted by molar-refractivity contribution is 6.08. The molecule has 0 aliphatic heterocycles. The molecule has 1 amide bonds. The summed E-state index contributed by atoms with van der Waals surface area (Å²) < 4.78 is 18.7. The molecule has 3 aromatic rings. The van der Waals surface area contributed by atoms with E-state index >= 15 is 0 Å². The molecule has 0 saturated heterocycles. The summed E-state index contributed by atoms with van der Waals surface area (Å²) in [7, 11) is 0. The molecule has 0 aromatic heterocycles. The van der Waals surface area contributed by atoms with Crippen LogP contribution in [0.25, 0.3) is 0 Å². The standard InChI is InChI=1S/C24H22FNO3/c1-16(18-8-12-21(25)13-9-18)26-24(28)17(2)29-22-14-10-20(11-15-22)23(27)19-6-4-3-5-7-19/h3-17H,1-2H3,(H,26,28)/t16-,17+/m1/s1. The average molecular weight is 391 g/mol. The van der Waals surface area contributed by atoms with Crippen molar-refractivity contribution in [3.63, 3.8) is 0 Å². The van der Waals surface area contributed by atoms with Crippen molar-refractivity contribution < 1.29 is 18.7 Å². The number of carbonyl (C=O) groups excluding carboxylic acids is 2. The first-order valence-corrected chi connectivity index (χ1v) is 9.36. The Hall–Kier alpha value is -3.47. The second-order valence-corrected chi connectivity index (χ2v) is 6.76. The maximum Gasteiger partial charge on any atom is 0.261 e. The van der Waals surface area contributed by atoms with Gasteiger partial charge in [-0.15, -0.1) is 0 Å². The van der Waals surface area contributed by atoms with Gasteiger partial charge in [-0.3, -0.25) is 9.59 Å². The molecule has 5 heteroatoms. The maximum absolute atomic E-state index is 13.0. The summed E-state index contributed by atoms with van der Waals surface area (Å²) in [5, 5.41) is 2.85. The second-order valence-electron chi connectivity index (χ2n) is 6.76. The van der Waals surface area contributed by atoms with Gasteiger partial charge in [-0.2, -0.15) is 0 Å². The molecule has 0 radical (unpaired) electrons. The van der Waals surface area contributed by atoms with Crippen molar-refractivity contribution in [2.75, 3.05) is 0 Å². The lowest BCUT2D eigenvalue weighted by molar-refractivity contribution is -0.127. The van der Waals surface area contributed by atoms with E-state index in [1.165, 1.54) is 12.1 Å². The van der Waals surface area contributed by atoms with Crippen LogP contribution in [0.4, 0.5) is 4.39 Å². The molecule has 0 heterocycles. The average Bonchev–Trinajstić information content (AvgIpc) is 2.74. The van der Waals surface area contributed by atoms with E-state index < -0.39 is 6.10 Å². The number of carbonyl (C=O) groups is 2. The van der Waals surface area contributed by atoms with Crippen LogP contribution in [0, 0.1) is 5.82 Å². The number of amides is 1. The lowest BCUT2D eigenvalue weighted by atomic mass is 10.0. The molecule has 3 rings (SSSR count). The van der Waals surface area contributed by atoms with E-state index in [-0.39, 0.29) is 23.5 Å². The van der Waals surface area contributed by atoms with Crippen LogP contribution in [0.15, 0.2) is 78.9 Å². The number of nitrogens with one attached hydrogen (secondary N) is 1. The molecule has 0 bridgehead atoms. The van der Waals surface area contributed by atoms with Crippen LogP contribution in [0.3, 0.4) is 0 Å². The Kier molecular flexibility index (Phi) is 6.39. The SMILES string of the molecule is C[C@H](Oc1ccc(C(=O)c2ccccc2)cc1)C(=O)N[C@H](C)c1ccc(F)cc1. The Bertz CT molecular complexity index is 969. The van der Waals surface area contributed by atoms with E-state index in [0.717, 1.165) is 5.56 Å². The molecule has 1 N–H and O–H groups in total. The van der Waals surface area contributed by atoms with Crippen molar-refractivity contribution in [2.24, 2.45) is 0 Å². The van der Waals surface area contributed by atoms with Crippen LogP contribution < -0.4 is 10.1 Å². The van der Waals surface area contributed by atoms with E-state index in [1.54, 1.807) is 55.5 Å². The van der Waals surface area contributed by atoms with Crippen molar-refractivity contribution in [1.82, 2.24) is 5.32 Å². The molecule has 3 aromatic carbocycles. The Balaban J connectivity index is 1.58. The highest BCUT2D eigenvalue weighted by Gasteiger charge is 2.18. The van der Waals surface area contributed by atoms with Crippen LogP contribution in [-0.2, 0) is 4.79 Å². The van der Waals surface area contributed by atoms with Crippen molar-refractivity contribution in [1.29, 1.82) is 0 Å². The summed E-state index contributed by atoms with van der Waals surface area (Å²) in [5.41, 5.74) is 1.96. The predicted molar refractivity (Wildman–Crippen MR) is 109 cm³/mol. The van der Waals surface area contributed by atoms with E-state index in [1.807, 2.05) is 25.1 Å². The molecule has 148 valence electrons. The minimum Gasteiger partial charge on any atom is -0.481 e. The Morgan fingerprint density at radius 2 is 1.41 bits per heavy atom. The lowest BCUT2D eigenvalue weighted by Crippen LogP contribution is -2.37. The van der Waals surface area contributed by atoms with Crippen LogP contribution in [-0.4, -0.2) is 17.8 Å². The molecule has 0 spiro atoms. The van der Waals surface area contributed by atoms with Gasteiger partial charge in [0.15, 0.2) is 11.9 Å². The van der Waals surface area contributed by atoms with E-state index in [9.17, 15) is 14.0 Å². The molecule has 2 atom stereocenters. The van der Waals surface area contributed by atoms with Crippen molar-refractivity contribution >= 4 is 11.7 Å². The fourth-order valence-electron chi connectivity index (χ4n) is 2.86. The second kappa shape index (κ2) is 9.15. The molecule has 0 aliphatic rings. The third kappa shape index (κ3) is 5.29. The number of ether oxygens (including phenoxy) is 1. The van der Waals surface area contributed by atoms with Gasteiger partial charge >= 0.3 is 0 Å². The highest BCUT2D eigenvalue weighted by Crippen LogP contribution is 2.18. The van der Waals surface area contributed by atoms with Gasteiger partial charge in [0.05, 0.1) is 6.04 Å². The Morgan fingerprint density at radius 1 is 0.828 bits per heavy atom. The molecule has 29 heavy (non-hydrogen) atoms. The van der Waals surface area contributed by atoms with E-state index in [2.05, 4.69) is 5.32 Å². The topological polar surface area (TPSA) is 55.4 Å². The normalized spacial score (nSPS) is 12.7. The quantitative estimate of drug-likeness (QED) is 0.594. The molecular formula is C24H22FNO3. The van der Waals surface area contributed by atoms with E-state index in [4.69, 9.17) is 4.74 Å². The van der Waals surface area contributed by atoms with Gasteiger partial charge in [0.1, 0.15) is 11.6 Å². The fraction of sp³-hybridized carbons (Fsp3) is 0.167. The number of rotatable bonds is 7. The number of benzene rings is 3. The molecule has 0 unspecified atom stereocenters. The zero-order valence-corrected chi connectivity index (χ0v) is 16.3. The summed E-state index contributed by atoms with van der Waals surface area (Å²) in [5.74, 6) is -0.188. The first-order valence-electron chi connectivity index (χ1n) is 9.36. The van der Waals surface area contributed by atoms with Crippen LogP contribution in [0.2, 0.25) is 0 Å². The third-order valence-corrected chi connectivity index (χ3v) is 4.56. The number of hydrogen-bond donors (Lipinski definition) is 1. The zero-order valence-electron chi connectivity index (χ0n) is 16.3. The molecule has 0 saturated carbocycles. The number of hydrogen-bond acceptors (Lipinski definition) is 3. The number of halogens is 1. The summed E-state index contributed by atoms with van der Waals surface area (Å²) >= 11 is 0. The summed E-state index contributed by atoms with van der Waals surface area (Å²) in [6, 6.07) is 21.4. The zero-order chi connectivity index (χ0) is 20.8.